The molecule has 2 amide bonds. The zero-order valence-electron chi connectivity index (χ0n) is 26.2. The first-order chi connectivity index (χ1) is 21.6. The molecule has 0 atom stereocenters. The molecule has 1 fully saturated rings. The Hall–Kier alpha value is -4.31. The van der Waals surface area contributed by atoms with Crippen LogP contribution in [0.25, 0.3) is 10.8 Å². The van der Waals surface area contributed by atoms with Gasteiger partial charge in [-0.2, -0.15) is 0 Å². The van der Waals surface area contributed by atoms with Crippen LogP contribution in [-0.2, 0) is 33.1 Å². The first-order valence-electron chi connectivity index (χ1n) is 15.2. The number of piperidine rings is 1. The molecule has 0 aliphatic carbocycles. The summed E-state index contributed by atoms with van der Waals surface area (Å²) in [5.74, 6) is -0.0563. The van der Waals surface area contributed by atoms with E-state index in [1.807, 2.05) is 57.3 Å². The molecule has 5 rings (SSSR count). The summed E-state index contributed by atoms with van der Waals surface area (Å²) in [6.07, 6.45) is 2.82. The number of nitrogens with one attached hydrogen (secondary N) is 1. The van der Waals surface area contributed by atoms with E-state index in [0.29, 0.717) is 50.3 Å². The van der Waals surface area contributed by atoms with Crippen molar-refractivity contribution in [2.75, 3.05) is 20.2 Å². The second kappa shape index (κ2) is 14.2. The highest BCUT2D eigenvalue weighted by molar-refractivity contribution is 7.98. The van der Waals surface area contributed by atoms with Crippen LogP contribution in [0.4, 0.5) is 4.79 Å². The molecular weight excluding hydrogens is 588 g/mol. The molecule has 1 N–H and O–H groups in total. The number of amides is 2. The summed E-state index contributed by atoms with van der Waals surface area (Å²) >= 11 is 1.54. The van der Waals surface area contributed by atoms with Crippen molar-refractivity contribution in [1.82, 2.24) is 19.8 Å². The van der Waals surface area contributed by atoms with E-state index in [9.17, 15) is 14.4 Å². The lowest BCUT2D eigenvalue weighted by Crippen LogP contribution is -2.44. The molecule has 0 radical (unpaired) electrons. The molecule has 236 valence electrons. The second-order valence-corrected chi connectivity index (χ2v) is 13.1. The Morgan fingerprint density at radius 3 is 2.40 bits per heavy atom. The van der Waals surface area contributed by atoms with Crippen LogP contribution < -0.4 is 5.32 Å². The maximum absolute atomic E-state index is 13.1. The highest BCUT2D eigenvalue weighted by Gasteiger charge is 2.30. The molecule has 10 heteroatoms. The number of ether oxygens (including phenoxy) is 2. The highest BCUT2D eigenvalue weighted by atomic mass is 32.2. The molecule has 0 bridgehead atoms. The zero-order chi connectivity index (χ0) is 32.0. The Balaban J connectivity index is 1.29. The average molecular weight is 629 g/mol. The van der Waals surface area contributed by atoms with Gasteiger partial charge in [-0.25, -0.2) is 14.6 Å². The van der Waals surface area contributed by atoms with E-state index in [1.54, 1.807) is 11.0 Å². The number of aromatic nitrogens is 2. The third kappa shape index (κ3) is 8.25. The number of esters is 1. The summed E-state index contributed by atoms with van der Waals surface area (Å²) < 4.78 is 12.6. The van der Waals surface area contributed by atoms with Crippen molar-refractivity contribution < 1.29 is 23.9 Å². The third-order valence-corrected chi connectivity index (χ3v) is 8.79. The molecule has 45 heavy (non-hydrogen) atoms. The largest absolute Gasteiger partial charge is 0.465 e. The summed E-state index contributed by atoms with van der Waals surface area (Å²) in [6, 6.07) is 22.0. The number of likely N-dealkylation sites (tertiary alicyclic amines) is 1. The van der Waals surface area contributed by atoms with Gasteiger partial charge in [0.05, 0.1) is 31.5 Å². The topological polar surface area (TPSA) is 103 Å². The van der Waals surface area contributed by atoms with E-state index in [2.05, 4.69) is 40.2 Å². The first-order valence-corrected chi connectivity index (χ1v) is 16.2. The first kappa shape index (κ1) is 32.1. The summed E-state index contributed by atoms with van der Waals surface area (Å²) in [4.78, 5) is 44.5. The number of fused-ring (bicyclic) bond motifs is 1. The summed E-state index contributed by atoms with van der Waals surface area (Å²) in [5, 5.41) is 6.20. The van der Waals surface area contributed by atoms with E-state index >= 15 is 0 Å². The van der Waals surface area contributed by atoms with Gasteiger partial charge >= 0.3 is 12.1 Å². The number of carbonyl (C=O) groups excluding carboxylic acids is 3. The third-order valence-electron chi connectivity index (χ3n) is 7.75. The predicted molar refractivity (Wildman–Crippen MR) is 175 cm³/mol. The number of hydrogen-bond donors (Lipinski definition) is 1. The summed E-state index contributed by atoms with van der Waals surface area (Å²) in [5.41, 5.74) is 2.75. The molecule has 0 spiro atoms. The fourth-order valence-corrected chi connectivity index (χ4v) is 6.45. The van der Waals surface area contributed by atoms with Gasteiger partial charge in [0.25, 0.3) is 0 Å². The van der Waals surface area contributed by atoms with Crippen molar-refractivity contribution in [1.29, 1.82) is 0 Å². The SMILES string of the molecule is COC(=O)c1ccccc1CSc1nc(CNC(=O)C2CCN(C(=O)OC(C)(C)C)CC2)cn1Cc1cccc2ccccc12. The van der Waals surface area contributed by atoms with Gasteiger partial charge < -0.3 is 24.3 Å². The Bertz CT molecular complexity index is 1660. The molecule has 9 nitrogen and oxygen atoms in total. The van der Waals surface area contributed by atoms with Crippen molar-refractivity contribution in [2.45, 2.75) is 63.2 Å². The van der Waals surface area contributed by atoms with Gasteiger partial charge in [-0.15, -0.1) is 0 Å². The summed E-state index contributed by atoms with van der Waals surface area (Å²) in [7, 11) is 1.38. The van der Waals surface area contributed by atoms with Gasteiger partial charge in [0.2, 0.25) is 5.91 Å². The van der Waals surface area contributed by atoms with E-state index in [1.165, 1.54) is 29.6 Å². The van der Waals surface area contributed by atoms with E-state index < -0.39 is 5.60 Å². The average Bonchev–Trinajstić information content (AvgIpc) is 3.43. The number of hydrogen-bond acceptors (Lipinski definition) is 7. The Morgan fingerprint density at radius 2 is 1.64 bits per heavy atom. The van der Waals surface area contributed by atoms with Crippen LogP contribution in [0.2, 0.25) is 0 Å². The van der Waals surface area contributed by atoms with Crippen molar-refractivity contribution >= 4 is 40.5 Å². The van der Waals surface area contributed by atoms with Crippen molar-refractivity contribution in [2.24, 2.45) is 5.92 Å². The van der Waals surface area contributed by atoms with E-state index in [4.69, 9.17) is 14.5 Å². The number of carbonyl (C=O) groups is 3. The molecule has 0 saturated carbocycles. The van der Waals surface area contributed by atoms with Gasteiger partial charge in [-0.3, -0.25) is 4.79 Å². The smallest absolute Gasteiger partial charge is 0.410 e. The van der Waals surface area contributed by atoms with Gasteiger partial charge in [-0.05, 0) is 61.6 Å². The minimum absolute atomic E-state index is 0.0383. The van der Waals surface area contributed by atoms with Crippen LogP contribution >= 0.6 is 11.8 Å². The minimum atomic E-state index is -0.551. The van der Waals surface area contributed by atoms with E-state index in [-0.39, 0.29) is 23.9 Å². The number of rotatable bonds is 9. The molecule has 2 heterocycles. The van der Waals surface area contributed by atoms with Crippen LogP contribution in [0.15, 0.2) is 78.1 Å². The lowest BCUT2D eigenvalue weighted by molar-refractivity contribution is -0.126. The number of nitrogens with zero attached hydrogens (tertiary/aromatic N) is 3. The van der Waals surface area contributed by atoms with Crippen LogP contribution in [0.1, 0.15) is 60.8 Å². The van der Waals surface area contributed by atoms with E-state index in [0.717, 1.165) is 22.0 Å². The van der Waals surface area contributed by atoms with Gasteiger partial charge in [0, 0.05) is 31.0 Å². The number of benzene rings is 3. The molecule has 3 aromatic carbocycles. The molecular formula is C35H40N4O5S. The quantitative estimate of drug-likeness (QED) is 0.168. The Morgan fingerprint density at radius 1 is 0.956 bits per heavy atom. The lowest BCUT2D eigenvalue weighted by Gasteiger charge is -2.32. The van der Waals surface area contributed by atoms with Crippen molar-refractivity contribution in [3.05, 3.63) is 95.3 Å². The molecule has 1 aliphatic rings. The maximum Gasteiger partial charge on any atom is 0.410 e. The normalized spacial score (nSPS) is 13.9. The van der Waals surface area contributed by atoms with Gasteiger partial charge in [-0.1, -0.05) is 72.4 Å². The highest BCUT2D eigenvalue weighted by Crippen LogP contribution is 2.28. The second-order valence-electron chi connectivity index (χ2n) is 12.2. The van der Waals surface area contributed by atoms with Gasteiger partial charge in [0.15, 0.2) is 5.16 Å². The van der Waals surface area contributed by atoms with Gasteiger partial charge in [0.1, 0.15) is 5.60 Å². The Kier molecular flexibility index (Phi) is 10.1. The van der Waals surface area contributed by atoms with Crippen LogP contribution in [0.3, 0.4) is 0 Å². The molecule has 1 saturated heterocycles. The monoisotopic (exact) mass is 628 g/mol. The fourth-order valence-electron chi connectivity index (χ4n) is 5.45. The number of thioether (sulfide) groups is 1. The van der Waals surface area contributed by atoms with Crippen LogP contribution in [-0.4, -0.2) is 58.2 Å². The molecule has 1 aromatic heterocycles. The maximum atomic E-state index is 13.1. The Labute approximate surface area is 268 Å². The molecule has 0 unspecified atom stereocenters. The lowest BCUT2D eigenvalue weighted by atomic mass is 9.96. The standard InChI is InChI=1S/C35H40N4O5S/c1-35(2,3)44-34(42)38-18-16-25(17-19-38)31(40)36-20-28-22-39(21-26-13-9-12-24-10-5-7-14-29(24)26)33(37-28)45-23-27-11-6-8-15-30(27)32(41)43-4/h5-15,22,25H,16-21,23H2,1-4H3,(H,36,40). The van der Waals surface area contributed by atoms with Crippen molar-refractivity contribution in [3.8, 4) is 0 Å². The summed E-state index contributed by atoms with van der Waals surface area (Å²) in [6.45, 7) is 7.41. The zero-order valence-corrected chi connectivity index (χ0v) is 27.1. The van der Waals surface area contributed by atoms with Crippen LogP contribution in [0.5, 0.6) is 0 Å². The molecule has 4 aromatic rings. The molecule has 1 aliphatic heterocycles. The number of imidazole rings is 1. The number of methoxy groups -OCH3 is 1. The van der Waals surface area contributed by atoms with Crippen molar-refractivity contribution in [3.63, 3.8) is 0 Å². The predicted octanol–water partition coefficient (Wildman–Crippen LogP) is 6.43. The minimum Gasteiger partial charge on any atom is -0.465 e. The fraction of sp³-hybridized carbons (Fsp3) is 0.371. The van der Waals surface area contributed by atoms with Crippen LogP contribution in [0, 0.1) is 5.92 Å².